The first-order valence-corrected chi connectivity index (χ1v) is 10.5. The van der Waals surface area contributed by atoms with Gasteiger partial charge in [0.15, 0.2) is 5.16 Å². The Labute approximate surface area is 185 Å². The van der Waals surface area contributed by atoms with Gasteiger partial charge in [0.2, 0.25) is 5.91 Å². The Kier molecular flexibility index (Phi) is 7.80. The van der Waals surface area contributed by atoms with Crippen molar-refractivity contribution in [1.82, 2.24) is 9.55 Å². The normalized spacial score (nSPS) is 10.6. The maximum atomic E-state index is 12.5. The van der Waals surface area contributed by atoms with E-state index in [1.807, 2.05) is 28.8 Å². The van der Waals surface area contributed by atoms with Crippen LogP contribution in [-0.4, -0.2) is 47.6 Å². The van der Waals surface area contributed by atoms with E-state index in [0.717, 1.165) is 11.3 Å². The van der Waals surface area contributed by atoms with Gasteiger partial charge in [-0.1, -0.05) is 23.9 Å². The molecule has 0 aliphatic carbocycles. The van der Waals surface area contributed by atoms with Crippen LogP contribution >= 0.6 is 11.8 Å². The second-order valence-corrected chi connectivity index (χ2v) is 7.49. The second kappa shape index (κ2) is 10.7. The second-order valence-electron chi connectivity index (χ2n) is 6.55. The highest BCUT2D eigenvalue weighted by Crippen LogP contribution is 2.29. The molecule has 2 aromatic carbocycles. The number of anilines is 1. The van der Waals surface area contributed by atoms with E-state index in [4.69, 9.17) is 14.2 Å². The van der Waals surface area contributed by atoms with Gasteiger partial charge in [0, 0.05) is 18.8 Å². The van der Waals surface area contributed by atoms with Gasteiger partial charge in [0.1, 0.15) is 17.2 Å². The third kappa shape index (κ3) is 5.93. The smallest absolute Gasteiger partial charge is 0.234 e. The number of hydrogen-bond donors (Lipinski definition) is 2. The van der Waals surface area contributed by atoms with Crippen molar-refractivity contribution in [2.75, 3.05) is 32.4 Å². The third-order valence-electron chi connectivity index (χ3n) is 4.48. The zero-order valence-corrected chi connectivity index (χ0v) is 18.4. The minimum atomic E-state index is -0.207. The molecule has 0 fully saturated rings. The molecule has 1 amide bonds. The molecule has 164 valence electrons. The van der Waals surface area contributed by atoms with Crippen LogP contribution in [-0.2, 0) is 17.9 Å². The molecule has 0 spiro atoms. The van der Waals surface area contributed by atoms with E-state index in [0.29, 0.717) is 34.6 Å². The highest BCUT2D eigenvalue weighted by atomic mass is 32.2. The van der Waals surface area contributed by atoms with E-state index >= 15 is 0 Å². The average molecular weight is 444 g/mol. The number of amides is 1. The van der Waals surface area contributed by atoms with E-state index in [9.17, 15) is 9.90 Å². The zero-order valence-electron chi connectivity index (χ0n) is 17.6. The summed E-state index contributed by atoms with van der Waals surface area (Å²) < 4.78 is 17.6. The Bertz CT molecular complexity index is 1020. The first-order valence-electron chi connectivity index (χ1n) is 9.50. The summed E-state index contributed by atoms with van der Waals surface area (Å²) in [6.07, 6.45) is 1.79. The lowest BCUT2D eigenvalue weighted by Gasteiger charge is -2.12. The molecule has 0 unspecified atom stereocenters. The monoisotopic (exact) mass is 443 g/mol. The number of methoxy groups -OCH3 is 3. The maximum Gasteiger partial charge on any atom is 0.234 e. The third-order valence-corrected chi connectivity index (χ3v) is 5.47. The number of ether oxygens (including phenoxy) is 3. The van der Waals surface area contributed by atoms with Crippen LogP contribution in [0.25, 0.3) is 0 Å². The van der Waals surface area contributed by atoms with Gasteiger partial charge in [-0.15, -0.1) is 0 Å². The summed E-state index contributed by atoms with van der Waals surface area (Å²) in [7, 11) is 4.72. The van der Waals surface area contributed by atoms with Crippen LogP contribution in [0.5, 0.6) is 17.2 Å². The summed E-state index contributed by atoms with van der Waals surface area (Å²) in [5.74, 6) is 1.88. The fraction of sp³-hybridized carbons (Fsp3) is 0.273. The predicted molar refractivity (Wildman–Crippen MR) is 119 cm³/mol. The van der Waals surface area contributed by atoms with Crippen LogP contribution in [0.15, 0.2) is 53.8 Å². The van der Waals surface area contributed by atoms with Crippen molar-refractivity contribution in [3.63, 3.8) is 0 Å². The summed E-state index contributed by atoms with van der Waals surface area (Å²) >= 11 is 1.29. The number of aliphatic hydroxyl groups is 1. The number of nitrogens with one attached hydrogen (secondary N) is 1. The van der Waals surface area contributed by atoms with Gasteiger partial charge in [-0.2, -0.15) is 0 Å². The lowest BCUT2D eigenvalue weighted by Crippen LogP contribution is -2.15. The predicted octanol–water partition coefficient (Wildman–Crippen LogP) is 3.18. The fourth-order valence-electron chi connectivity index (χ4n) is 2.91. The molecule has 9 heteroatoms. The molecule has 0 aliphatic heterocycles. The van der Waals surface area contributed by atoms with Crippen molar-refractivity contribution in [3.8, 4) is 17.2 Å². The molecule has 31 heavy (non-hydrogen) atoms. The largest absolute Gasteiger partial charge is 0.497 e. The van der Waals surface area contributed by atoms with Gasteiger partial charge in [0.25, 0.3) is 0 Å². The summed E-state index contributed by atoms with van der Waals surface area (Å²) in [6, 6.07) is 12.9. The molecule has 0 saturated heterocycles. The molecule has 3 aromatic rings. The average Bonchev–Trinajstić information content (AvgIpc) is 3.19. The van der Waals surface area contributed by atoms with Crippen LogP contribution in [0.2, 0.25) is 0 Å². The molecule has 0 aliphatic rings. The number of aromatic nitrogens is 2. The number of aliphatic hydroxyl groups excluding tert-OH is 1. The van der Waals surface area contributed by atoms with Crippen LogP contribution in [0.1, 0.15) is 11.3 Å². The number of hydrogen-bond acceptors (Lipinski definition) is 7. The summed E-state index contributed by atoms with van der Waals surface area (Å²) in [5, 5.41) is 13.0. The van der Waals surface area contributed by atoms with Gasteiger partial charge in [-0.25, -0.2) is 4.98 Å². The summed E-state index contributed by atoms with van der Waals surface area (Å²) in [4.78, 5) is 17.0. The van der Waals surface area contributed by atoms with Gasteiger partial charge in [-0.3, -0.25) is 4.79 Å². The summed E-state index contributed by atoms with van der Waals surface area (Å²) in [6.45, 7) is 0.390. The van der Waals surface area contributed by atoms with E-state index in [1.54, 1.807) is 45.7 Å². The number of benzene rings is 2. The number of carbonyl (C=O) groups is 1. The first-order chi connectivity index (χ1) is 15.1. The summed E-state index contributed by atoms with van der Waals surface area (Å²) in [5.41, 5.74) is 2.13. The quantitative estimate of drug-likeness (QED) is 0.465. The Morgan fingerprint density at radius 2 is 1.77 bits per heavy atom. The Morgan fingerprint density at radius 3 is 2.42 bits per heavy atom. The van der Waals surface area contributed by atoms with Crippen molar-refractivity contribution in [2.45, 2.75) is 18.3 Å². The molecule has 0 saturated carbocycles. The van der Waals surface area contributed by atoms with E-state index in [2.05, 4.69) is 10.3 Å². The van der Waals surface area contributed by atoms with E-state index in [-0.39, 0.29) is 18.3 Å². The number of imidazole rings is 1. The van der Waals surface area contributed by atoms with Crippen molar-refractivity contribution >= 4 is 23.4 Å². The number of thioether (sulfide) groups is 1. The lowest BCUT2D eigenvalue weighted by atomic mass is 10.2. The molecular formula is C22H25N3O5S. The topological polar surface area (TPSA) is 94.8 Å². The van der Waals surface area contributed by atoms with Crippen LogP contribution in [0, 0.1) is 0 Å². The number of rotatable bonds is 10. The fourth-order valence-corrected chi connectivity index (χ4v) is 3.71. The van der Waals surface area contributed by atoms with Gasteiger partial charge < -0.3 is 29.2 Å². The molecule has 2 N–H and O–H groups in total. The first kappa shape index (κ1) is 22.5. The molecule has 1 heterocycles. The molecule has 0 radical (unpaired) electrons. The molecule has 0 atom stereocenters. The number of nitrogens with zero attached hydrogens (tertiary/aromatic N) is 2. The Morgan fingerprint density at radius 1 is 1.06 bits per heavy atom. The van der Waals surface area contributed by atoms with Crippen LogP contribution in [0.4, 0.5) is 5.69 Å². The minimum absolute atomic E-state index is 0.144. The van der Waals surface area contributed by atoms with E-state index < -0.39 is 0 Å². The lowest BCUT2D eigenvalue weighted by molar-refractivity contribution is -0.113. The molecule has 1 aromatic heterocycles. The SMILES string of the molecule is COc1ccc(Cn2cc(CO)nc2SCC(=O)Nc2cc(OC)ccc2OC)cc1. The minimum Gasteiger partial charge on any atom is -0.497 e. The van der Waals surface area contributed by atoms with Crippen LogP contribution < -0.4 is 19.5 Å². The Hall–Kier alpha value is -3.17. The number of carbonyl (C=O) groups excluding carboxylic acids is 1. The van der Waals surface area contributed by atoms with E-state index in [1.165, 1.54) is 11.8 Å². The van der Waals surface area contributed by atoms with Crippen molar-refractivity contribution in [1.29, 1.82) is 0 Å². The van der Waals surface area contributed by atoms with Gasteiger partial charge >= 0.3 is 0 Å². The van der Waals surface area contributed by atoms with Gasteiger partial charge in [-0.05, 0) is 29.8 Å². The highest BCUT2D eigenvalue weighted by molar-refractivity contribution is 7.99. The van der Waals surface area contributed by atoms with Crippen molar-refractivity contribution < 1.29 is 24.1 Å². The van der Waals surface area contributed by atoms with Crippen LogP contribution in [0.3, 0.4) is 0 Å². The standard InChI is InChI=1S/C22H25N3O5S/c1-28-17-6-4-15(5-7-17)11-25-12-16(13-26)23-22(25)31-14-21(27)24-19-10-18(29-2)8-9-20(19)30-3/h4-10,12,26H,11,13-14H2,1-3H3,(H,24,27). The van der Waals surface area contributed by atoms with Gasteiger partial charge in [0.05, 0.1) is 45.1 Å². The Balaban J connectivity index is 1.68. The van der Waals surface area contributed by atoms with Crippen molar-refractivity contribution in [3.05, 3.63) is 59.9 Å². The molecule has 0 bridgehead atoms. The molecule has 3 rings (SSSR count). The zero-order chi connectivity index (χ0) is 22.2. The molecular weight excluding hydrogens is 418 g/mol. The maximum absolute atomic E-state index is 12.5. The van der Waals surface area contributed by atoms with Crippen molar-refractivity contribution in [2.24, 2.45) is 0 Å². The molecule has 8 nitrogen and oxygen atoms in total. The highest BCUT2D eigenvalue weighted by Gasteiger charge is 2.14.